The van der Waals surface area contributed by atoms with E-state index in [4.69, 9.17) is 5.73 Å². The Labute approximate surface area is 125 Å². The van der Waals surface area contributed by atoms with Crippen LogP contribution in [0, 0.1) is 5.92 Å². The summed E-state index contributed by atoms with van der Waals surface area (Å²) >= 11 is 0. The van der Waals surface area contributed by atoms with Crippen LogP contribution in [0.3, 0.4) is 0 Å². The summed E-state index contributed by atoms with van der Waals surface area (Å²) in [4.78, 5) is 20.0. The summed E-state index contributed by atoms with van der Waals surface area (Å²) in [5, 5.41) is 3.06. The molecule has 3 N–H and O–H groups in total. The molecular weight excluding hydrogens is 264 g/mol. The predicted molar refractivity (Wildman–Crippen MR) is 87.0 cm³/mol. The maximum Gasteiger partial charge on any atom is 0.193 e. The molecule has 0 aliphatic carbocycles. The zero-order valence-electron chi connectivity index (χ0n) is 12.6. The standard InChI is InChI=1S/C16H22N4O/c1-3-8-18-16(17)20-13-6-4-12(5-7-13)15-11(2)9-14(21)10-19-15/h4-7,11H,3,8-10H2,1-2H3,(H3,17,18,20). The van der Waals surface area contributed by atoms with Gasteiger partial charge < -0.3 is 11.1 Å². The SMILES string of the molecule is CCCN=C(N)Nc1ccc(C2=NCC(=O)CC2C)cc1. The molecule has 5 heteroatoms. The number of rotatable bonds is 4. The Bertz CT molecular complexity index is 560. The Kier molecular flexibility index (Phi) is 5.09. The smallest absolute Gasteiger partial charge is 0.193 e. The van der Waals surface area contributed by atoms with E-state index in [2.05, 4.69) is 22.2 Å². The molecule has 1 aliphatic rings. The maximum atomic E-state index is 11.4. The number of carbonyl (C=O) groups is 1. The molecule has 1 atom stereocenters. The summed E-state index contributed by atoms with van der Waals surface area (Å²) in [6.45, 7) is 5.12. The van der Waals surface area contributed by atoms with Gasteiger partial charge in [0.2, 0.25) is 0 Å². The van der Waals surface area contributed by atoms with Crippen molar-refractivity contribution in [1.29, 1.82) is 0 Å². The number of hydrogen-bond acceptors (Lipinski definition) is 3. The van der Waals surface area contributed by atoms with Crippen molar-refractivity contribution in [1.82, 2.24) is 0 Å². The van der Waals surface area contributed by atoms with Crippen LogP contribution in [-0.2, 0) is 4.79 Å². The van der Waals surface area contributed by atoms with E-state index in [1.54, 1.807) is 0 Å². The molecular formula is C16H22N4O. The topological polar surface area (TPSA) is 79.8 Å². The van der Waals surface area contributed by atoms with Crippen LogP contribution in [0.5, 0.6) is 0 Å². The second-order valence-corrected chi connectivity index (χ2v) is 5.31. The summed E-state index contributed by atoms with van der Waals surface area (Å²) in [5.74, 6) is 0.823. The van der Waals surface area contributed by atoms with Crippen molar-refractivity contribution in [2.45, 2.75) is 26.7 Å². The van der Waals surface area contributed by atoms with Gasteiger partial charge in [0.25, 0.3) is 0 Å². The van der Waals surface area contributed by atoms with Crippen molar-refractivity contribution < 1.29 is 4.79 Å². The van der Waals surface area contributed by atoms with Crippen LogP contribution >= 0.6 is 0 Å². The summed E-state index contributed by atoms with van der Waals surface area (Å²) < 4.78 is 0. The molecule has 21 heavy (non-hydrogen) atoms. The van der Waals surface area contributed by atoms with E-state index in [1.807, 2.05) is 31.2 Å². The predicted octanol–water partition coefficient (Wildman–Crippen LogP) is 2.22. The second-order valence-electron chi connectivity index (χ2n) is 5.31. The van der Waals surface area contributed by atoms with Gasteiger partial charge >= 0.3 is 0 Å². The number of aliphatic imine (C=N–C) groups is 2. The molecule has 5 nitrogen and oxygen atoms in total. The highest BCUT2D eigenvalue weighted by molar-refractivity contribution is 6.07. The molecule has 0 radical (unpaired) electrons. The molecule has 0 saturated heterocycles. The average Bonchev–Trinajstić information content (AvgIpc) is 2.46. The number of hydrogen-bond donors (Lipinski definition) is 2. The van der Waals surface area contributed by atoms with Crippen LogP contribution in [0.4, 0.5) is 5.69 Å². The minimum absolute atomic E-state index is 0.182. The Morgan fingerprint density at radius 3 is 2.76 bits per heavy atom. The lowest BCUT2D eigenvalue weighted by Gasteiger charge is -2.19. The van der Waals surface area contributed by atoms with E-state index in [0.29, 0.717) is 18.9 Å². The highest BCUT2D eigenvalue weighted by atomic mass is 16.1. The first kappa shape index (κ1) is 15.2. The molecule has 1 aromatic carbocycles. The molecule has 112 valence electrons. The van der Waals surface area contributed by atoms with Crippen LogP contribution in [0.15, 0.2) is 34.3 Å². The summed E-state index contributed by atoms with van der Waals surface area (Å²) in [6, 6.07) is 7.91. The number of anilines is 1. The second kappa shape index (κ2) is 7.02. The zero-order chi connectivity index (χ0) is 15.2. The molecule has 0 bridgehead atoms. The largest absolute Gasteiger partial charge is 0.370 e. The van der Waals surface area contributed by atoms with Gasteiger partial charge in [0.05, 0.1) is 6.54 Å². The maximum absolute atomic E-state index is 11.4. The number of nitrogens with zero attached hydrogens (tertiary/aromatic N) is 2. The minimum Gasteiger partial charge on any atom is -0.370 e. The quantitative estimate of drug-likeness (QED) is 0.658. The van der Waals surface area contributed by atoms with Gasteiger partial charge in [-0.15, -0.1) is 0 Å². The van der Waals surface area contributed by atoms with E-state index in [-0.39, 0.29) is 11.7 Å². The third kappa shape index (κ3) is 4.15. The van der Waals surface area contributed by atoms with Crippen LogP contribution < -0.4 is 11.1 Å². The van der Waals surface area contributed by atoms with Gasteiger partial charge in [0.1, 0.15) is 0 Å². The van der Waals surface area contributed by atoms with Gasteiger partial charge in [-0.05, 0) is 24.1 Å². The molecule has 0 saturated carbocycles. The fourth-order valence-electron chi connectivity index (χ4n) is 2.35. The van der Waals surface area contributed by atoms with Crippen molar-refractivity contribution in [2.24, 2.45) is 21.6 Å². The van der Waals surface area contributed by atoms with Gasteiger partial charge in [-0.1, -0.05) is 26.0 Å². The third-order valence-electron chi connectivity index (χ3n) is 3.39. The van der Waals surface area contributed by atoms with E-state index in [0.717, 1.165) is 29.9 Å². The highest BCUT2D eigenvalue weighted by Crippen LogP contribution is 2.19. The fourth-order valence-corrected chi connectivity index (χ4v) is 2.35. The average molecular weight is 286 g/mol. The number of nitrogens with two attached hydrogens (primary N) is 1. The lowest BCUT2D eigenvalue weighted by molar-refractivity contribution is -0.118. The van der Waals surface area contributed by atoms with Gasteiger partial charge in [0, 0.05) is 30.3 Å². The number of Topliss-reactive ketones (excluding diaryl/α,β-unsaturated/α-hetero) is 1. The van der Waals surface area contributed by atoms with Crippen molar-refractivity contribution in [3.63, 3.8) is 0 Å². The van der Waals surface area contributed by atoms with Crippen molar-refractivity contribution in [3.05, 3.63) is 29.8 Å². The molecule has 0 spiro atoms. The van der Waals surface area contributed by atoms with Crippen LogP contribution in [0.2, 0.25) is 0 Å². The molecule has 1 aromatic rings. The number of guanidine groups is 1. The number of ketones is 1. The third-order valence-corrected chi connectivity index (χ3v) is 3.39. The zero-order valence-corrected chi connectivity index (χ0v) is 12.6. The highest BCUT2D eigenvalue weighted by Gasteiger charge is 2.21. The minimum atomic E-state index is 0.182. The molecule has 0 fully saturated rings. The number of nitrogens with one attached hydrogen (secondary N) is 1. The fraction of sp³-hybridized carbons (Fsp3) is 0.438. The first-order valence-corrected chi connectivity index (χ1v) is 7.33. The van der Waals surface area contributed by atoms with Gasteiger partial charge in [-0.2, -0.15) is 0 Å². The summed E-state index contributed by atoms with van der Waals surface area (Å²) in [5.41, 5.74) is 8.75. The summed E-state index contributed by atoms with van der Waals surface area (Å²) in [6.07, 6.45) is 1.55. The molecule has 1 unspecified atom stereocenters. The monoisotopic (exact) mass is 286 g/mol. The van der Waals surface area contributed by atoms with E-state index in [9.17, 15) is 4.79 Å². The normalized spacial score (nSPS) is 19.3. The number of carbonyl (C=O) groups excluding carboxylic acids is 1. The number of benzene rings is 1. The Morgan fingerprint density at radius 1 is 1.43 bits per heavy atom. The summed E-state index contributed by atoms with van der Waals surface area (Å²) in [7, 11) is 0. The van der Waals surface area contributed by atoms with Gasteiger partial charge in [-0.3, -0.25) is 14.8 Å². The first-order chi connectivity index (χ1) is 10.1. The Balaban J connectivity index is 2.07. The van der Waals surface area contributed by atoms with Crippen LogP contribution in [0.25, 0.3) is 0 Å². The van der Waals surface area contributed by atoms with Crippen LogP contribution in [-0.4, -0.2) is 30.5 Å². The van der Waals surface area contributed by atoms with E-state index in [1.165, 1.54) is 0 Å². The lowest BCUT2D eigenvalue weighted by Crippen LogP contribution is -2.25. The first-order valence-electron chi connectivity index (χ1n) is 7.33. The van der Waals surface area contributed by atoms with Crippen molar-refractivity contribution >= 4 is 23.1 Å². The van der Waals surface area contributed by atoms with E-state index >= 15 is 0 Å². The van der Waals surface area contributed by atoms with Crippen molar-refractivity contribution in [2.75, 3.05) is 18.4 Å². The van der Waals surface area contributed by atoms with Crippen molar-refractivity contribution in [3.8, 4) is 0 Å². The molecule has 0 amide bonds. The lowest BCUT2D eigenvalue weighted by atomic mass is 9.91. The molecule has 0 aromatic heterocycles. The molecule has 1 aliphatic heterocycles. The molecule has 1 heterocycles. The Morgan fingerprint density at radius 2 is 2.14 bits per heavy atom. The molecule has 2 rings (SSSR count). The van der Waals surface area contributed by atoms with Gasteiger partial charge in [0.15, 0.2) is 11.7 Å². The van der Waals surface area contributed by atoms with Crippen LogP contribution in [0.1, 0.15) is 32.3 Å². The Hall–Kier alpha value is -2.17. The van der Waals surface area contributed by atoms with Gasteiger partial charge in [-0.25, -0.2) is 0 Å². The van der Waals surface area contributed by atoms with E-state index < -0.39 is 0 Å².